The van der Waals surface area contributed by atoms with Gasteiger partial charge in [0, 0.05) is 55.4 Å². The number of benzene rings is 3. The Morgan fingerprint density at radius 3 is 2.05 bits per heavy atom. The van der Waals surface area contributed by atoms with Crippen molar-refractivity contribution in [2.75, 3.05) is 39.3 Å². The van der Waals surface area contributed by atoms with Crippen molar-refractivity contribution >= 4 is 23.5 Å². The molecule has 0 radical (unpaired) electrons. The van der Waals surface area contributed by atoms with Crippen molar-refractivity contribution in [2.24, 2.45) is 0 Å². The molecule has 11 heteroatoms. The quantitative estimate of drug-likeness (QED) is 0.381. The predicted molar refractivity (Wildman–Crippen MR) is 149 cm³/mol. The maximum Gasteiger partial charge on any atom is 0.490 e. The minimum absolute atomic E-state index is 0.127. The third-order valence-electron chi connectivity index (χ3n) is 8.16. The first-order valence-corrected chi connectivity index (χ1v) is 14.2. The van der Waals surface area contributed by atoms with Crippen LogP contribution in [0.25, 0.3) is 0 Å². The number of ether oxygens (including phenoxy) is 2. The first kappa shape index (κ1) is 28.5. The van der Waals surface area contributed by atoms with Crippen molar-refractivity contribution in [1.82, 2.24) is 14.7 Å². The molecule has 6 rings (SSSR count). The number of fused-ring (bicyclic) bond motifs is 2. The van der Waals surface area contributed by atoms with Gasteiger partial charge in [0.1, 0.15) is 17.6 Å². The van der Waals surface area contributed by atoms with Crippen LogP contribution >= 0.6 is 11.6 Å². The highest BCUT2D eigenvalue weighted by atomic mass is 35.5. The fourth-order valence-corrected chi connectivity index (χ4v) is 6.19. The molecule has 2 atom stereocenters. The number of esters is 1. The van der Waals surface area contributed by atoms with Crippen molar-refractivity contribution in [2.45, 2.75) is 30.8 Å². The summed E-state index contributed by atoms with van der Waals surface area (Å²) < 4.78 is 50.8. The van der Waals surface area contributed by atoms with Crippen molar-refractivity contribution in [3.63, 3.8) is 0 Å². The van der Waals surface area contributed by atoms with Crippen LogP contribution in [0.2, 0.25) is 5.02 Å². The van der Waals surface area contributed by atoms with E-state index in [2.05, 4.69) is 4.90 Å². The Hall–Kier alpha value is -3.60. The van der Waals surface area contributed by atoms with Gasteiger partial charge >= 0.3 is 12.1 Å². The number of hydrogen-bond donors (Lipinski definition) is 0. The first-order valence-electron chi connectivity index (χ1n) is 13.8. The molecule has 3 heterocycles. The molecule has 3 aliphatic rings. The van der Waals surface area contributed by atoms with Gasteiger partial charge in [-0.3, -0.25) is 14.6 Å². The van der Waals surface area contributed by atoms with Crippen LogP contribution in [0.5, 0.6) is 11.5 Å². The number of alkyl halides is 3. The van der Waals surface area contributed by atoms with Gasteiger partial charge in [0.15, 0.2) is 0 Å². The second-order valence-corrected chi connectivity index (χ2v) is 11.2. The highest BCUT2D eigenvalue weighted by Gasteiger charge is 2.49. The molecule has 0 unspecified atom stereocenters. The normalized spacial score (nSPS) is 21.4. The number of halogens is 4. The van der Waals surface area contributed by atoms with E-state index < -0.39 is 30.2 Å². The Morgan fingerprint density at radius 2 is 1.45 bits per heavy atom. The van der Waals surface area contributed by atoms with Gasteiger partial charge in [-0.15, -0.1) is 0 Å². The van der Waals surface area contributed by atoms with Gasteiger partial charge in [0.2, 0.25) is 5.91 Å². The maximum atomic E-state index is 14.1. The van der Waals surface area contributed by atoms with E-state index in [4.69, 9.17) is 21.1 Å². The lowest BCUT2D eigenvalue weighted by Gasteiger charge is -2.39. The van der Waals surface area contributed by atoms with Gasteiger partial charge < -0.3 is 14.4 Å². The van der Waals surface area contributed by atoms with Crippen LogP contribution in [-0.4, -0.2) is 84.2 Å². The molecule has 1 amide bonds. The summed E-state index contributed by atoms with van der Waals surface area (Å²) in [5.41, 5.74) is 2.48. The Kier molecular flexibility index (Phi) is 7.87. The monoisotopic (exact) mass is 599 g/mol. The average Bonchev–Trinajstić information content (AvgIpc) is 3.40. The third kappa shape index (κ3) is 5.84. The third-order valence-corrected chi connectivity index (χ3v) is 8.41. The number of hydrogen-bond acceptors (Lipinski definition) is 6. The zero-order valence-corrected chi connectivity index (χ0v) is 23.4. The summed E-state index contributed by atoms with van der Waals surface area (Å²) in [5, 5.41) is 0.663. The molecule has 3 aromatic carbocycles. The van der Waals surface area contributed by atoms with Crippen molar-refractivity contribution in [1.29, 1.82) is 0 Å². The largest absolute Gasteiger partial charge is 0.490 e. The van der Waals surface area contributed by atoms with Crippen LogP contribution in [0.3, 0.4) is 0 Å². The van der Waals surface area contributed by atoms with E-state index >= 15 is 0 Å². The maximum absolute atomic E-state index is 14.1. The zero-order chi connectivity index (χ0) is 29.4. The van der Waals surface area contributed by atoms with Crippen LogP contribution in [0, 0.1) is 0 Å². The molecule has 2 fully saturated rings. The fraction of sp³-hybridized carbons (Fsp3) is 0.355. The first-order chi connectivity index (χ1) is 20.2. The molecule has 0 bridgehead atoms. The minimum Gasteiger partial charge on any atom is -0.457 e. The average molecular weight is 600 g/mol. The smallest absolute Gasteiger partial charge is 0.457 e. The van der Waals surface area contributed by atoms with E-state index in [0.717, 1.165) is 12.1 Å². The molecule has 42 heavy (non-hydrogen) atoms. The van der Waals surface area contributed by atoms with Gasteiger partial charge in [-0.25, -0.2) is 4.79 Å². The molecule has 0 aromatic heterocycles. The standard InChI is InChI=1S/C31H29ClF3N3O4/c32-21-11-9-20(10-12-21)17-36-13-15-37(16-14-36)24-18-38(19-27(24)42-30(40)31(33,34)35)29(39)28-22-5-1-3-7-25(22)41-26-8-4-2-6-23(26)28/h1-12,24,27-28H,13-19H2/t24-,27-/m0/s1. The van der Waals surface area contributed by atoms with Gasteiger partial charge in [-0.05, 0) is 29.8 Å². The van der Waals surface area contributed by atoms with E-state index in [1.165, 1.54) is 4.90 Å². The summed E-state index contributed by atoms with van der Waals surface area (Å²) in [4.78, 5) is 31.9. The zero-order valence-electron chi connectivity index (χ0n) is 22.6. The predicted octanol–water partition coefficient (Wildman–Crippen LogP) is 5.08. The second kappa shape index (κ2) is 11.6. The molecule has 0 spiro atoms. The summed E-state index contributed by atoms with van der Waals surface area (Å²) in [6.07, 6.45) is -6.24. The summed E-state index contributed by atoms with van der Waals surface area (Å²) in [5.74, 6) is -2.09. The number of carbonyl (C=O) groups excluding carboxylic acids is 2. The van der Waals surface area contributed by atoms with Crippen LogP contribution in [-0.2, 0) is 20.9 Å². The molecule has 3 aromatic rings. The van der Waals surface area contributed by atoms with E-state index in [9.17, 15) is 22.8 Å². The van der Waals surface area contributed by atoms with E-state index in [1.807, 2.05) is 65.6 Å². The van der Waals surface area contributed by atoms with Crippen LogP contribution in [0.4, 0.5) is 13.2 Å². The highest BCUT2D eigenvalue weighted by Crippen LogP contribution is 2.45. The van der Waals surface area contributed by atoms with E-state index in [1.54, 1.807) is 12.1 Å². The highest BCUT2D eigenvalue weighted by molar-refractivity contribution is 6.30. The van der Waals surface area contributed by atoms with E-state index in [-0.39, 0.29) is 19.0 Å². The topological polar surface area (TPSA) is 62.3 Å². The molecular weight excluding hydrogens is 571 g/mol. The number of piperazine rings is 1. The number of amides is 1. The van der Waals surface area contributed by atoms with Crippen molar-refractivity contribution < 1.29 is 32.2 Å². The summed E-state index contributed by atoms with van der Waals surface area (Å²) in [6, 6.07) is 21.5. The summed E-state index contributed by atoms with van der Waals surface area (Å²) in [7, 11) is 0. The number of likely N-dealkylation sites (tertiary alicyclic amines) is 1. The van der Waals surface area contributed by atoms with Gasteiger partial charge in [-0.2, -0.15) is 13.2 Å². The Labute approximate surface area is 246 Å². The Bertz CT molecular complexity index is 1410. The van der Waals surface area contributed by atoms with Crippen LogP contribution < -0.4 is 4.74 Å². The molecule has 2 saturated heterocycles. The van der Waals surface area contributed by atoms with Crippen LogP contribution in [0.1, 0.15) is 22.6 Å². The minimum atomic E-state index is -5.13. The van der Waals surface area contributed by atoms with Crippen molar-refractivity contribution in [3.05, 3.63) is 94.5 Å². The molecule has 0 N–H and O–H groups in total. The van der Waals surface area contributed by atoms with E-state index in [0.29, 0.717) is 53.8 Å². The van der Waals surface area contributed by atoms with Gasteiger partial charge in [-0.1, -0.05) is 60.1 Å². The Balaban J connectivity index is 1.21. The Morgan fingerprint density at radius 1 is 0.857 bits per heavy atom. The second-order valence-electron chi connectivity index (χ2n) is 10.8. The molecular formula is C31H29ClF3N3O4. The number of carbonyl (C=O) groups is 2. The lowest BCUT2D eigenvalue weighted by Crippen LogP contribution is -2.54. The number of rotatable bonds is 5. The van der Waals surface area contributed by atoms with Gasteiger partial charge in [0.05, 0.1) is 18.5 Å². The SMILES string of the molecule is O=C(C1c2ccccc2Oc2ccccc21)N1C[C@H](OC(=O)C(F)(F)F)[C@@H](N2CCN(Cc3ccc(Cl)cc3)CC2)C1. The van der Waals surface area contributed by atoms with Crippen LogP contribution in [0.15, 0.2) is 72.8 Å². The lowest BCUT2D eigenvalue weighted by atomic mass is 9.87. The molecule has 0 saturated carbocycles. The fourth-order valence-electron chi connectivity index (χ4n) is 6.07. The lowest BCUT2D eigenvalue weighted by molar-refractivity contribution is -0.206. The van der Waals surface area contributed by atoms with Gasteiger partial charge in [0.25, 0.3) is 0 Å². The van der Waals surface area contributed by atoms with Crippen molar-refractivity contribution in [3.8, 4) is 11.5 Å². The number of para-hydroxylation sites is 2. The summed E-state index contributed by atoms with van der Waals surface area (Å²) >= 11 is 6.00. The molecule has 0 aliphatic carbocycles. The number of nitrogens with zero attached hydrogens (tertiary/aromatic N) is 3. The molecule has 220 valence electrons. The molecule has 7 nitrogen and oxygen atoms in total. The summed E-state index contributed by atoms with van der Waals surface area (Å²) in [6.45, 7) is 3.20. The molecule has 3 aliphatic heterocycles.